The first-order chi connectivity index (χ1) is 31.7. The fourth-order valence-corrected chi connectivity index (χ4v) is 13.1. The fraction of sp³-hybridized carbons (Fsp3) is 0.344. The molecule has 0 saturated carbocycles. The highest BCUT2D eigenvalue weighted by molar-refractivity contribution is 7.00. The van der Waals surface area contributed by atoms with Crippen molar-refractivity contribution in [3.05, 3.63) is 172 Å². The van der Waals surface area contributed by atoms with Crippen molar-refractivity contribution in [2.24, 2.45) is 0 Å². The summed E-state index contributed by atoms with van der Waals surface area (Å²) in [6.07, 6.45) is 5.67. The number of anilines is 6. The minimum atomic E-state index is 0.0237. The van der Waals surface area contributed by atoms with Crippen molar-refractivity contribution >= 4 is 57.2 Å². The zero-order chi connectivity index (χ0) is 46.7. The van der Waals surface area contributed by atoms with Crippen LogP contribution < -0.4 is 26.2 Å². The van der Waals surface area contributed by atoms with Crippen LogP contribution >= 0.6 is 0 Å². The second-order valence-corrected chi connectivity index (χ2v) is 24.8. The van der Waals surface area contributed by atoms with Gasteiger partial charge in [0.25, 0.3) is 6.71 Å². The number of aryl methyl sites for hydroxylation is 1. The fourth-order valence-electron chi connectivity index (χ4n) is 13.1. The summed E-state index contributed by atoms with van der Waals surface area (Å²) in [7, 11) is 0. The van der Waals surface area contributed by atoms with Gasteiger partial charge in [0.2, 0.25) is 0 Å². The standard InChI is InChI=1S/C64H67BN2/c1-39-18-16-17-21-54(39)67-55-33-43-30-41-22-23-44(60(2,3)4)34-46(41)47(43)36-52(55)65-53-37-50-51(64(11,12)29-28-63(50,9)10)38-56(53)66(45-24-25-48-49(35-45)62(7,8)27-26-61(48,5)6)57-31-42(32-58(67)59(57)65)40-19-14-13-15-20-40/h13-25,31-38H,26-30H2,1-12H3. The molecule has 0 aromatic heterocycles. The molecule has 7 aromatic carbocycles. The highest BCUT2D eigenvalue weighted by Gasteiger charge is 2.48. The Hall–Kier alpha value is -5.80. The van der Waals surface area contributed by atoms with Gasteiger partial charge in [0.05, 0.1) is 0 Å². The van der Waals surface area contributed by atoms with Gasteiger partial charge in [0, 0.05) is 34.1 Å². The summed E-state index contributed by atoms with van der Waals surface area (Å²) in [5.74, 6) is 0. The highest BCUT2D eigenvalue weighted by Crippen LogP contribution is 2.54. The SMILES string of the molecule is Cc1ccccc1N1c2cc3c(cc2B2c4cc5c(cc4N(c4ccc6c(c4)C(C)(C)CCC6(C)C)c4cc(-c6ccccc6)cc1c42)C(C)(C)CCC5(C)C)-c1cc(C(C)(C)C)ccc1C3. The summed E-state index contributed by atoms with van der Waals surface area (Å²) < 4.78 is 0. The topological polar surface area (TPSA) is 6.48 Å². The molecule has 2 nitrogen and oxygen atoms in total. The molecule has 0 spiro atoms. The molecule has 2 heterocycles. The summed E-state index contributed by atoms with van der Waals surface area (Å²) in [6, 6.07) is 50.7. The van der Waals surface area contributed by atoms with E-state index in [1.165, 1.54) is 143 Å². The largest absolute Gasteiger partial charge is 0.311 e. The van der Waals surface area contributed by atoms with E-state index in [-0.39, 0.29) is 33.8 Å². The van der Waals surface area contributed by atoms with E-state index in [0.29, 0.717) is 0 Å². The van der Waals surface area contributed by atoms with Crippen LogP contribution in [0.1, 0.15) is 146 Å². The Morgan fingerprint density at radius 2 is 1.01 bits per heavy atom. The smallest absolute Gasteiger partial charge is 0.252 e. The maximum absolute atomic E-state index is 2.71. The molecule has 3 aliphatic carbocycles. The quantitative estimate of drug-likeness (QED) is 0.163. The second kappa shape index (κ2) is 14.1. The molecule has 2 aliphatic heterocycles. The average molecular weight is 875 g/mol. The first-order valence-corrected chi connectivity index (χ1v) is 25.3. The van der Waals surface area contributed by atoms with Crippen LogP contribution in [0.25, 0.3) is 22.3 Å². The first kappa shape index (κ1) is 42.6. The molecule has 0 N–H and O–H groups in total. The average Bonchev–Trinajstić information content (AvgIpc) is 3.65. The number of para-hydroxylation sites is 1. The zero-order valence-electron chi connectivity index (χ0n) is 42.1. The van der Waals surface area contributed by atoms with Crippen LogP contribution in [-0.2, 0) is 33.5 Å². The van der Waals surface area contributed by atoms with E-state index in [1.54, 1.807) is 0 Å². The van der Waals surface area contributed by atoms with E-state index < -0.39 is 0 Å². The van der Waals surface area contributed by atoms with E-state index >= 15 is 0 Å². The maximum atomic E-state index is 2.71. The van der Waals surface area contributed by atoms with E-state index in [2.05, 4.69) is 220 Å². The Bertz CT molecular complexity index is 3230. The number of hydrogen-bond donors (Lipinski definition) is 0. The van der Waals surface area contributed by atoms with Crippen LogP contribution in [0.3, 0.4) is 0 Å². The molecule has 12 rings (SSSR count). The van der Waals surface area contributed by atoms with Crippen LogP contribution in [0.2, 0.25) is 0 Å². The molecule has 3 heteroatoms. The Balaban J connectivity index is 1.23. The highest BCUT2D eigenvalue weighted by atomic mass is 15.2. The van der Waals surface area contributed by atoms with E-state index in [0.717, 1.165) is 6.42 Å². The van der Waals surface area contributed by atoms with Crippen molar-refractivity contribution < 1.29 is 0 Å². The molecule has 0 radical (unpaired) electrons. The Morgan fingerprint density at radius 1 is 0.448 bits per heavy atom. The molecule has 0 unspecified atom stereocenters. The van der Waals surface area contributed by atoms with E-state index in [1.807, 2.05) is 0 Å². The Morgan fingerprint density at radius 3 is 1.69 bits per heavy atom. The lowest BCUT2D eigenvalue weighted by Gasteiger charge is -2.48. The predicted molar refractivity (Wildman–Crippen MR) is 288 cm³/mol. The van der Waals surface area contributed by atoms with Gasteiger partial charge in [0.15, 0.2) is 0 Å². The van der Waals surface area contributed by atoms with E-state index in [9.17, 15) is 0 Å². The number of fused-ring (bicyclic) bond motifs is 9. The van der Waals surface area contributed by atoms with Crippen molar-refractivity contribution in [2.75, 3.05) is 9.80 Å². The van der Waals surface area contributed by atoms with Crippen LogP contribution in [0.4, 0.5) is 34.1 Å². The van der Waals surface area contributed by atoms with Crippen LogP contribution in [0.15, 0.2) is 127 Å². The third-order valence-corrected chi connectivity index (χ3v) is 17.5. The minimum absolute atomic E-state index is 0.0237. The van der Waals surface area contributed by atoms with Crippen molar-refractivity contribution in [1.29, 1.82) is 0 Å². The van der Waals surface area contributed by atoms with Crippen molar-refractivity contribution in [3.8, 4) is 22.3 Å². The molecule has 336 valence electrons. The molecule has 5 aliphatic rings. The van der Waals surface area contributed by atoms with Gasteiger partial charge in [-0.15, -0.1) is 0 Å². The third kappa shape index (κ3) is 6.35. The number of hydrogen-bond acceptors (Lipinski definition) is 2. The monoisotopic (exact) mass is 875 g/mol. The lowest BCUT2D eigenvalue weighted by atomic mass is 9.33. The van der Waals surface area contributed by atoms with Gasteiger partial charge < -0.3 is 9.80 Å². The minimum Gasteiger partial charge on any atom is -0.311 e. The molecule has 7 aromatic rings. The van der Waals surface area contributed by atoms with Gasteiger partial charge in [-0.25, -0.2) is 0 Å². The third-order valence-electron chi connectivity index (χ3n) is 17.5. The number of benzene rings is 7. The lowest BCUT2D eigenvalue weighted by molar-refractivity contribution is 0.332. The summed E-state index contributed by atoms with van der Waals surface area (Å²) >= 11 is 0. The molecule has 0 saturated heterocycles. The number of rotatable bonds is 3. The maximum Gasteiger partial charge on any atom is 0.252 e. The van der Waals surface area contributed by atoms with Gasteiger partial charge in [-0.1, -0.05) is 161 Å². The van der Waals surface area contributed by atoms with Gasteiger partial charge in [-0.2, -0.15) is 0 Å². The first-order valence-electron chi connectivity index (χ1n) is 25.3. The summed E-state index contributed by atoms with van der Waals surface area (Å²) in [5.41, 5.74) is 29.1. The predicted octanol–water partition coefficient (Wildman–Crippen LogP) is 15.3. The van der Waals surface area contributed by atoms with Crippen LogP contribution in [0.5, 0.6) is 0 Å². The Kier molecular flexibility index (Phi) is 8.97. The van der Waals surface area contributed by atoms with Crippen LogP contribution in [-0.4, -0.2) is 6.71 Å². The summed E-state index contributed by atoms with van der Waals surface area (Å²) in [5, 5.41) is 0. The molecule has 0 atom stereocenters. The molecule has 0 amide bonds. The van der Waals surface area contributed by atoms with Gasteiger partial charge >= 0.3 is 0 Å². The molecular weight excluding hydrogens is 808 g/mol. The normalized spacial score (nSPS) is 18.5. The molecule has 0 bridgehead atoms. The van der Waals surface area contributed by atoms with Gasteiger partial charge in [0.1, 0.15) is 0 Å². The van der Waals surface area contributed by atoms with Crippen LogP contribution in [0, 0.1) is 6.92 Å². The van der Waals surface area contributed by atoms with Crippen molar-refractivity contribution in [2.45, 2.75) is 142 Å². The van der Waals surface area contributed by atoms with Gasteiger partial charge in [-0.3, -0.25) is 0 Å². The summed E-state index contributed by atoms with van der Waals surface area (Å²) in [6.45, 7) is 29.2. The summed E-state index contributed by atoms with van der Waals surface area (Å²) in [4.78, 5) is 5.37. The van der Waals surface area contributed by atoms with Crippen molar-refractivity contribution in [1.82, 2.24) is 0 Å². The second-order valence-electron chi connectivity index (χ2n) is 24.8. The molecule has 0 fully saturated rings. The molecule has 67 heavy (non-hydrogen) atoms. The molecular formula is C64H67BN2. The van der Waals surface area contributed by atoms with Gasteiger partial charge in [-0.05, 0) is 192 Å². The lowest BCUT2D eigenvalue weighted by Crippen LogP contribution is -2.62. The van der Waals surface area contributed by atoms with Crippen molar-refractivity contribution in [3.63, 3.8) is 0 Å². The number of nitrogens with zero attached hydrogens (tertiary/aromatic N) is 2. The zero-order valence-corrected chi connectivity index (χ0v) is 42.1. The Labute approximate surface area is 401 Å². The van der Waals surface area contributed by atoms with E-state index in [4.69, 9.17) is 0 Å².